The number of nitrogens with zero attached hydrogens (tertiary/aromatic N) is 1. The molecule has 2 aromatic heterocycles. The summed E-state index contributed by atoms with van der Waals surface area (Å²) in [6.07, 6.45) is 1.34. The predicted molar refractivity (Wildman–Crippen MR) is 88.8 cm³/mol. The van der Waals surface area contributed by atoms with Crippen molar-refractivity contribution in [1.29, 1.82) is 0 Å². The Morgan fingerprint density at radius 2 is 1.96 bits per heavy atom. The average molecular weight is 362 g/mol. The topological polar surface area (TPSA) is 63.8 Å². The van der Waals surface area contributed by atoms with Gasteiger partial charge in [0, 0.05) is 0 Å². The highest BCUT2D eigenvalue weighted by Gasteiger charge is 2.11. The lowest BCUT2D eigenvalue weighted by atomic mass is 10.3. The van der Waals surface area contributed by atoms with E-state index in [1.54, 1.807) is 12.1 Å². The summed E-state index contributed by atoms with van der Waals surface area (Å²) in [5.41, 5.74) is 2.29. The zero-order chi connectivity index (χ0) is 17.6. The van der Waals surface area contributed by atoms with E-state index >= 15 is 0 Å². The number of furan rings is 1. The fourth-order valence-corrected chi connectivity index (χ4v) is 2.47. The largest absolute Gasteiger partial charge is 0.486 e. The minimum Gasteiger partial charge on any atom is -0.486 e. The Morgan fingerprint density at radius 3 is 2.68 bits per heavy atom. The van der Waals surface area contributed by atoms with Crippen molar-refractivity contribution in [2.24, 2.45) is 5.10 Å². The second-order valence-corrected chi connectivity index (χ2v) is 5.92. The quantitative estimate of drug-likeness (QED) is 0.533. The molecule has 0 aliphatic rings. The second-order valence-electron chi connectivity index (χ2n) is 4.85. The third-order valence-electron chi connectivity index (χ3n) is 3.03. The average Bonchev–Trinajstić information content (AvgIpc) is 3.23. The van der Waals surface area contributed by atoms with Crippen molar-refractivity contribution in [3.63, 3.8) is 0 Å². The molecule has 0 unspecified atom stereocenters. The van der Waals surface area contributed by atoms with Crippen molar-refractivity contribution in [1.82, 2.24) is 5.43 Å². The first-order chi connectivity index (χ1) is 12.1. The molecule has 25 heavy (non-hydrogen) atoms. The van der Waals surface area contributed by atoms with E-state index in [4.69, 9.17) is 9.15 Å². The maximum absolute atomic E-state index is 12.8. The SMILES string of the molecule is O=C(N/N=C\c1ccc(F)s1)c1ccc(COc2ccc(F)cc2)o1. The van der Waals surface area contributed by atoms with Crippen LogP contribution < -0.4 is 10.2 Å². The van der Waals surface area contributed by atoms with Crippen molar-refractivity contribution < 1.29 is 22.7 Å². The van der Waals surface area contributed by atoms with E-state index < -0.39 is 5.91 Å². The first-order valence-corrected chi connectivity index (χ1v) is 7.97. The smallest absolute Gasteiger partial charge is 0.307 e. The summed E-state index contributed by atoms with van der Waals surface area (Å²) in [4.78, 5) is 12.5. The van der Waals surface area contributed by atoms with Crippen LogP contribution in [0.1, 0.15) is 21.2 Å². The number of amides is 1. The van der Waals surface area contributed by atoms with Gasteiger partial charge in [-0.15, -0.1) is 11.3 Å². The van der Waals surface area contributed by atoms with E-state index in [2.05, 4.69) is 10.5 Å². The number of halogens is 2. The van der Waals surface area contributed by atoms with Crippen LogP contribution in [-0.2, 0) is 6.61 Å². The number of thiophene rings is 1. The molecule has 1 aromatic carbocycles. The van der Waals surface area contributed by atoms with Gasteiger partial charge in [-0.05, 0) is 48.5 Å². The fraction of sp³-hybridized carbons (Fsp3) is 0.0588. The Kier molecular flexibility index (Phi) is 5.20. The van der Waals surface area contributed by atoms with Crippen LogP contribution in [0.25, 0.3) is 0 Å². The summed E-state index contributed by atoms with van der Waals surface area (Å²) < 4.78 is 36.4. The number of carbonyl (C=O) groups excluding carboxylic acids is 1. The molecule has 0 spiro atoms. The molecule has 0 aliphatic carbocycles. The number of carbonyl (C=O) groups is 1. The monoisotopic (exact) mass is 362 g/mol. The first kappa shape index (κ1) is 16.8. The molecule has 5 nitrogen and oxygen atoms in total. The minimum absolute atomic E-state index is 0.0622. The molecule has 0 saturated heterocycles. The van der Waals surface area contributed by atoms with Crippen LogP contribution in [0, 0.1) is 10.9 Å². The van der Waals surface area contributed by atoms with Crippen molar-refractivity contribution >= 4 is 23.5 Å². The lowest BCUT2D eigenvalue weighted by molar-refractivity contribution is 0.0923. The Hall–Kier alpha value is -3.00. The van der Waals surface area contributed by atoms with Crippen LogP contribution in [0.15, 0.2) is 58.0 Å². The highest BCUT2D eigenvalue weighted by molar-refractivity contribution is 7.12. The van der Waals surface area contributed by atoms with E-state index in [0.717, 1.165) is 11.3 Å². The maximum atomic E-state index is 12.8. The summed E-state index contributed by atoms with van der Waals surface area (Å²) in [5.74, 6) is 0.0824. The third-order valence-corrected chi connectivity index (χ3v) is 3.84. The molecule has 2 heterocycles. The third kappa shape index (κ3) is 4.74. The molecule has 3 aromatic rings. The molecular weight excluding hydrogens is 350 g/mol. The number of ether oxygens (including phenoxy) is 1. The zero-order valence-corrected chi connectivity index (χ0v) is 13.6. The van der Waals surface area contributed by atoms with Gasteiger partial charge in [0.2, 0.25) is 0 Å². The molecule has 8 heteroatoms. The highest BCUT2D eigenvalue weighted by atomic mass is 32.1. The van der Waals surface area contributed by atoms with Crippen LogP contribution >= 0.6 is 11.3 Å². The van der Waals surface area contributed by atoms with Crippen LogP contribution in [0.5, 0.6) is 5.75 Å². The van der Waals surface area contributed by atoms with Gasteiger partial charge in [0.1, 0.15) is 23.9 Å². The molecular formula is C17H12F2N2O3S. The van der Waals surface area contributed by atoms with Crippen molar-refractivity contribution in [3.8, 4) is 5.75 Å². The summed E-state index contributed by atoms with van der Waals surface area (Å²) in [7, 11) is 0. The van der Waals surface area contributed by atoms with E-state index in [0.29, 0.717) is 16.4 Å². The van der Waals surface area contributed by atoms with Crippen molar-refractivity contribution in [2.45, 2.75) is 6.61 Å². The molecule has 0 saturated carbocycles. The number of rotatable bonds is 6. The van der Waals surface area contributed by atoms with E-state index in [1.165, 1.54) is 42.6 Å². The van der Waals surface area contributed by atoms with Crippen LogP contribution in [0.3, 0.4) is 0 Å². The highest BCUT2D eigenvalue weighted by Crippen LogP contribution is 2.15. The molecule has 1 amide bonds. The summed E-state index contributed by atoms with van der Waals surface area (Å²) >= 11 is 0.914. The van der Waals surface area contributed by atoms with Crippen molar-refractivity contribution in [3.05, 3.63) is 75.9 Å². The predicted octanol–water partition coefficient (Wildman–Crippen LogP) is 3.96. The Balaban J connectivity index is 1.52. The number of benzene rings is 1. The Bertz CT molecular complexity index is 887. The number of hydrogen-bond donors (Lipinski definition) is 1. The summed E-state index contributed by atoms with van der Waals surface area (Å²) in [6, 6.07) is 11.5. The van der Waals surface area contributed by atoms with Gasteiger partial charge in [0.15, 0.2) is 10.9 Å². The molecule has 0 bridgehead atoms. The van der Waals surface area contributed by atoms with Gasteiger partial charge in [0.25, 0.3) is 0 Å². The van der Waals surface area contributed by atoms with Gasteiger partial charge in [-0.3, -0.25) is 4.79 Å². The first-order valence-electron chi connectivity index (χ1n) is 7.16. The molecule has 1 N–H and O–H groups in total. The van der Waals surface area contributed by atoms with Gasteiger partial charge >= 0.3 is 5.91 Å². The fourth-order valence-electron chi connectivity index (χ4n) is 1.87. The zero-order valence-electron chi connectivity index (χ0n) is 12.7. The lowest BCUT2D eigenvalue weighted by Gasteiger charge is -2.03. The molecule has 128 valence electrons. The van der Waals surface area contributed by atoms with Gasteiger partial charge in [-0.25, -0.2) is 9.82 Å². The van der Waals surface area contributed by atoms with Gasteiger partial charge in [-0.1, -0.05) is 0 Å². The lowest BCUT2D eigenvalue weighted by Crippen LogP contribution is -2.16. The number of nitrogens with one attached hydrogen (secondary N) is 1. The molecule has 0 atom stereocenters. The minimum atomic E-state index is -0.540. The van der Waals surface area contributed by atoms with Crippen LogP contribution in [-0.4, -0.2) is 12.1 Å². The van der Waals surface area contributed by atoms with Crippen molar-refractivity contribution in [2.75, 3.05) is 0 Å². The van der Waals surface area contributed by atoms with Gasteiger partial charge < -0.3 is 9.15 Å². The van der Waals surface area contributed by atoms with E-state index in [1.807, 2.05) is 0 Å². The second kappa shape index (κ2) is 7.71. The van der Waals surface area contributed by atoms with E-state index in [-0.39, 0.29) is 23.3 Å². The normalized spacial score (nSPS) is 11.0. The summed E-state index contributed by atoms with van der Waals surface area (Å²) in [6.45, 7) is 0.0939. The van der Waals surface area contributed by atoms with Crippen LogP contribution in [0.2, 0.25) is 0 Å². The van der Waals surface area contributed by atoms with E-state index in [9.17, 15) is 13.6 Å². The molecule has 0 fully saturated rings. The van der Waals surface area contributed by atoms with Gasteiger partial charge in [-0.2, -0.15) is 9.49 Å². The molecule has 3 rings (SSSR count). The molecule has 0 aliphatic heterocycles. The Labute approximate surface area is 145 Å². The standard InChI is InChI=1S/C17H12F2N2O3S/c18-11-1-3-12(4-2-11)23-10-13-5-7-15(24-13)17(22)21-20-9-14-6-8-16(19)25-14/h1-9H,10H2,(H,21,22)/b20-9-. The summed E-state index contributed by atoms with van der Waals surface area (Å²) in [5, 5.41) is 3.41. The maximum Gasteiger partial charge on any atom is 0.307 e. The Morgan fingerprint density at radius 1 is 1.16 bits per heavy atom. The number of hydrogen-bond acceptors (Lipinski definition) is 5. The number of hydrazone groups is 1. The van der Waals surface area contributed by atoms with Crippen LogP contribution in [0.4, 0.5) is 8.78 Å². The molecule has 0 radical (unpaired) electrons. The van der Waals surface area contributed by atoms with Gasteiger partial charge in [0.05, 0.1) is 11.1 Å².